The van der Waals surface area contributed by atoms with Gasteiger partial charge in [0.2, 0.25) is 0 Å². The van der Waals surface area contributed by atoms with Gasteiger partial charge in [0.25, 0.3) is 6.71 Å². The highest BCUT2D eigenvalue weighted by Crippen LogP contribution is 2.53. The lowest BCUT2D eigenvalue weighted by atomic mass is 9.35. The maximum atomic E-state index is 6.84. The van der Waals surface area contributed by atoms with E-state index in [1.807, 2.05) is 54.7 Å². The van der Waals surface area contributed by atoms with Crippen LogP contribution in [-0.2, 0) is 0 Å². The molecule has 0 fully saturated rings. The molecule has 0 atom stereocenters. The van der Waals surface area contributed by atoms with Crippen molar-refractivity contribution in [1.29, 1.82) is 0 Å². The van der Waals surface area contributed by atoms with E-state index in [9.17, 15) is 0 Å². The largest absolute Gasteiger partial charge is 0.458 e. The Kier molecular flexibility index (Phi) is 5.10. The fourth-order valence-electron chi connectivity index (χ4n) is 7.73. The summed E-state index contributed by atoms with van der Waals surface area (Å²) in [5, 5.41) is 2.08. The van der Waals surface area contributed by atoms with E-state index < -0.39 is 0 Å². The summed E-state index contributed by atoms with van der Waals surface area (Å²) in [4.78, 5) is 7.25. The first-order chi connectivity index (χ1) is 23.8. The summed E-state index contributed by atoms with van der Waals surface area (Å²) >= 11 is 0. The number of anilines is 3. The molecule has 6 nitrogen and oxygen atoms in total. The fourth-order valence-corrected chi connectivity index (χ4v) is 7.73. The Morgan fingerprint density at radius 1 is 0.521 bits per heavy atom. The van der Waals surface area contributed by atoms with Gasteiger partial charge in [0, 0.05) is 40.3 Å². The van der Waals surface area contributed by atoms with Crippen LogP contribution in [0.4, 0.5) is 17.2 Å². The van der Waals surface area contributed by atoms with Crippen LogP contribution in [-0.4, -0.2) is 16.3 Å². The first-order valence-electron chi connectivity index (χ1n) is 16.1. The van der Waals surface area contributed by atoms with E-state index in [0.29, 0.717) is 5.75 Å². The highest BCUT2D eigenvalue weighted by atomic mass is 16.5. The molecule has 0 saturated carbocycles. The average Bonchev–Trinajstić information content (AvgIpc) is 3.49. The Balaban J connectivity index is 1.21. The van der Waals surface area contributed by atoms with Crippen LogP contribution in [0.25, 0.3) is 27.5 Å². The zero-order valence-corrected chi connectivity index (χ0v) is 25.5. The molecule has 8 aromatic rings. The van der Waals surface area contributed by atoms with Gasteiger partial charge in [-0.3, -0.25) is 4.90 Å². The maximum Gasteiger partial charge on any atom is 0.260 e. The van der Waals surface area contributed by atoms with Crippen LogP contribution in [0, 0.1) is 0 Å². The number of para-hydroxylation sites is 6. The molecule has 0 N–H and O–H groups in total. The fraction of sp³-hybridized carbons (Fsp3) is 0. The summed E-state index contributed by atoms with van der Waals surface area (Å²) in [5.74, 6) is 5.47. The minimum Gasteiger partial charge on any atom is -0.458 e. The van der Waals surface area contributed by atoms with Gasteiger partial charge in [-0.1, -0.05) is 84.9 Å². The summed E-state index contributed by atoms with van der Waals surface area (Å²) in [6.07, 6.45) is 1.97. The van der Waals surface area contributed by atoms with Crippen LogP contribution < -0.4 is 35.5 Å². The normalized spacial score (nSPS) is 13.4. The predicted octanol–water partition coefficient (Wildman–Crippen LogP) is 8.48. The molecule has 0 spiro atoms. The van der Waals surface area contributed by atoms with Crippen molar-refractivity contribution in [3.8, 4) is 40.2 Å². The monoisotopic (exact) mass is 617 g/mol. The molecule has 3 aliphatic heterocycles. The first kappa shape index (κ1) is 25.7. The van der Waals surface area contributed by atoms with Crippen LogP contribution in [0.15, 0.2) is 146 Å². The molecular formula is C41H24BN3O3. The van der Waals surface area contributed by atoms with E-state index in [4.69, 9.17) is 19.2 Å². The van der Waals surface area contributed by atoms with E-state index in [1.54, 1.807) is 0 Å². The Labute approximate surface area is 276 Å². The lowest BCUT2D eigenvalue weighted by molar-refractivity contribution is 0.464. The average molecular weight is 617 g/mol. The van der Waals surface area contributed by atoms with Gasteiger partial charge >= 0.3 is 0 Å². The Morgan fingerprint density at radius 2 is 1.15 bits per heavy atom. The highest BCUT2D eigenvalue weighted by Gasteiger charge is 2.40. The van der Waals surface area contributed by atoms with Crippen LogP contribution in [0.1, 0.15) is 0 Å². The number of hydrogen-bond donors (Lipinski definition) is 0. The van der Waals surface area contributed by atoms with Crippen molar-refractivity contribution in [2.75, 3.05) is 4.90 Å². The van der Waals surface area contributed by atoms with Crippen molar-refractivity contribution in [2.45, 2.75) is 0 Å². The zero-order chi connectivity index (χ0) is 31.3. The Bertz CT molecular complexity index is 2560. The van der Waals surface area contributed by atoms with Crippen molar-refractivity contribution in [3.63, 3.8) is 0 Å². The molecule has 0 radical (unpaired) electrons. The summed E-state index contributed by atoms with van der Waals surface area (Å²) in [6.45, 7) is 0.00771. The second-order valence-corrected chi connectivity index (χ2v) is 12.3. The quantitative estimate of drug-likeness (QED) is 0.182. The van der Waals surface area contributed by atoms with Gasteiger partial charge in [-0.2, -0.15) is 0 Å². The third-order valence-electron chi connectivity index (χ3n) is 9.73. The van der Waals surface area contributed by atoms with Gasteiger partial charge in [0.1, 0.15) is 28.5 Å². The first-order valence-corrected chi connectivity index (χ1v) is 16.1. The molecule has 48 heavy (non-hydrogen) atoms. The molecule has 0 aliphatic carbocycles. The molecule has 0 amide bonds. The molecule has 2 aromatic heterocycles. The molecule has 224 valence electrons. The van der Waals surface area contributed by atoms with Crippen LogP contribution in [0.2, 0.25) is 0 Å². The van der Waals surface area contributed by atoms with Gasteiger partial charge in [0.05, 0.1) is 16.9 Å². The Morgan fingerprint density at radius 3 is 1.90 bits per heavy atom. The van der Waals surface area contributed by atoms with Gasteiger partial charge in [0.15, 0.2) is 17.3 Å². The molecule has 6 aromatic carbocycles. The lowest BCUT2D eigenvalue weighted by Crippen LogP contribution is -2.57. The molecule has 0 unspecified atom stereocenters. The van der Waals surface area contributed by atoms with Gasteiger partial charge in [-0.15, -0.1) is 0 Å². The number of aromatic nitrogens is 2. The zero-order valence-electron chi connectivity index (χ0n) is 25.5. The van der Waals surface area contributed by atoms with Crippen molar-refractivity contribution in [1.82, 2.24) is 9.55 Å². The molecule has 0 bridgehead atoms. The van der Waals surface area contributed by atoms with E-state index in [2.05, 4.69) is 100 Å². The molecule has 5 heterocycles. The smallest absolute Gasteiger partial charge is 0.260 e. The standard InChI is InChI=1S/C41H24BN3O3/c1-2-12-25(13-3-1)45-32-18-8-11-21-35(32)48-40-39-28(24-43-41(40)45)27-14-4-7-17-31(27)44(39)26-22-36-38-37(23-26)47-34-20-10-6-16-30(34)42(38)29-15-5-9-19-33(29)46-36/h1-24H. The van der Waals surface area contributed by atoms with Gasteiger partial charge < -0.3 is 18.8 Å². The maximum absolute atomic E-state index is 6.84. The number of ether oxygens (including phenoxy) is 3. The minimum atomic E-state index is 0.00771. The predicted molar refractivity (Wildman–Crippen MR) is 191 cm³/mol. The van der Waals surface area contributed by atoms with Crippen molar-refractivity contribution in [2.24, 2.45) is 0 Å². The minimum absolute atomic E-state index is 0.00771. The molecule has 11 rings (SSSR count). The molecule has 7 heteroatoms. The number of pyridine rings is 1. The second kappa shape index (κ2) is 9.53. The number of benzene rings is 6. The van der Waals surface area contributed by atoms with E-state index >= 15 is 0 Å². The molecule has 3 aliphatic rings. The topological polar surface area (TPSA) is 48.8 Å². The number of hydrogen-bond acceptors (Lipinski definition) is 5. The molecular weight excluding hydrogens is 593 g/mol. The van der Waals surface area contributed by atoms with E-state index in [0.717, 1.165) is 89.8 Å². The lowest BCUT2D eigenvalue weighted by Gasteiger charge is -2.33. The number of fused-ring (bicyclic) bond motifs is 10. The number of nitrogens with zero attached hydrogens (tertiary/aromatic N) is 3. The molecule has 0 saturated heterocycles. The van der Waals surface area contributed by atoms with Gasteiger partial charge in [-0.05, 0) is 53.4 Å². The highest BCUT2D eigenvalue weighted by molar-refractivity contribution is 6.98. The van der Waals surface area contributed by atoms with Crippen molar-refractivity contribution in [3.05, 3.63) is 146 Å². The third kappa shape index (κ3) is 3.45. The Hall–Kier alpha value is -6.47. The van der Waals surface area contributed by atoms with Gasteiger partial charge in [-0.25, -0.2) is 4.98 Å². The third-order valence-corrected chi connectivity index (χ3v) is 9.73. The SMILES string of the molecule is c1ccc(N2c3ccccc3Oc3c2ncc2c4ccccc4n(-c4cc5c6c(c4)Oc4ccccc4B6c4ccccc4O5)c32)cc1. The summed E-state index contributed by atoms with van der Waals surface area (Å²) in [7, 11) is 0. The van der Waals surface area contributed by atoms with Crippen LogP contribution >= 0.6 is 0 Å². The number of rotatable bonds is 2. The second-order valence-electron chi connectivity index (χ2n) is 12.3. The van der Waals surface area contributed by atoms with Crippen LogP contribution in [0.3, 0.4) is 0 Å². The summed E-state index contributed by atoms with van der Waals surface area (Å²) in [5.41, 5.74) is 8.14. The summed E-state index contributed by atoms with van der Waals surface area (Å²) in [6, 6.07) is 47.8. The van der Waals surface area contributed by atoms with E-state index in [-0.39, 0.29) is 6.71 Å². The summed E-state index contributed by atoms with van der Waals surface area (Å²) < 4.78 is 22.5. The van der Waals surface area contributed by atoms with Crippen molar-refractivity contribution < 1.29 is 14.2 Å². The van der Waals surface area contributed by atoms with Crippen LogP contribution in [0.5, 0.6) is 34.5 Å². The van der Waals surface area contributed by atoms with Crippen molar-refractivity contribution >= 4 is 62.1 Å². The van der Waals surface area contributed by atoms with E-state index in [1.165, 1.54) is 0 Å².